The minimum Gasteiger partial charge on any atom is -0.267 e. The molecule has 0 bridgehead atoms. The fourth-order valence-corrected chi connectivity index (χ4v) is 1.27. The monoisotopic (exact) mass is 196 g/mol. The van der Waals surface area contributed by atoms with Crippen LogP contribution in [0.25, 0.3) is 0 Å². The SMILES string of the molecule is O=C([N]c1ccccc1)c1ccccc1. The summed E-state index contributed by atoms with van der Waals surface area (Å²) in [4.78, 5) is 11.6. The predicted molar refractivity (Wildman–Crippen MR) is 59.0 cm³/mol. The number of hydrogen-bond acceptors (Lipinski definition) is 1. The molecule has 15 heavy (non-hydrogen) atoms. The summed E-state index contributed by atoms with van der Waals surface area (Å²) in [5.74, 6) is -0.207. The first-order valence-corrected chi connectivity index (χ1v) is 4.72. The minimum absolute atomic E-state index is 0.207. The predicted octanol–water partition coefficient (Wildman–Crippen LogP) is 2.76. The van der Waals surface area contributed by atoms with E-state index in [4.69, 9.17) is 0 Å². The molecule has 1 radical (unpaired) electrons. The Labute approximate surface area is 88.6 Å². The van der Waals surface area contributed by atoms with Gasteiger partial charge >= 0.3 is 0 Å². The van der Waals surface area contributed by atoms with E-state index in [1.165, 1.54) is 0 Å². The molecule has 0 heterocycles. The van der Waals surface area contributed by atoms with Gasteiger partial charge in [-0.2, -0.15) is 0 Å². The van der Waals surface area contributed by atoms with Gasteiger partial charge in [0.25, 0.3) is 5.91 Å². The van der Waals surface area contributed by atoms with Crippen LogP contribution in [0.4, 0.5) is 5.69 Å². The highest BCUT2D eigenvalue weighted by Crippen LogP contribution is 2.08. The third kappa shape index (κ3) is 2.44. The Morgan fingerprint density at radius 1 is 0.800 bits per heavy atom. The molecule has 0 aromatic heterocycles. The molecule has 2 aromatic rings. The number of carbonyl (C=O) groups is 1. The molecule has 0 aliphatic carbocycles. The van der Waals surface area contributed by atoms with E-state index in [-0.39, 0.29) is 5.91 Å². The molecule has 2 rings (SSSR count). The largest absolute Gasteiger partial charge is 0.277 e. The van der Waals surface area contributed by atoms with E-state index >= 15 is 0 Å². The number of carbonyl (C=O) groups excluding carboxylic acids is 1. The van der Waals surface area contributed by atoms with Crippen molar-refractivity contribution in [3.8, 4) is 0 Å². The third-order valence-corrected chi connectivity index (χ3v) is 2.01. The summed E-state index contributed by atoms with van der Waals surface area (Å²) in [6, 6.07) is 18.3. The van der Waals surface area contributed by atoms with Crippen LogP contribution in [0.15, 0.2) is 60.7 Å². The van der Waals surface area contributed by atoms with Crippen molar-refractivity contribution >= 4 is 11.6 Å². The molecule has 2 aromatic carbocycles. The van der Waals surface area contributed by atoms with E-state index in [0.29, 0.717) is 11.3 Å². The lowest BCUT2D eigenvalue weighted by molar-refractivity contribution is 0.0969. The second-order valence-electron chi connectivity index (χ2n) is 3.12. The number of para-hydroxylation sites is 1. The van der Waals surface area contributed by atoms with Gasteiger partial charge in [0.2, 0.25) is 0 Å². The lowest BCUT2D eigenvalue weighted by Gasteiger charge is -2.00. The summed E-state index contributed by atoms with van der Waals surface area (Å²) in [6.07, 6.45) is 0. The van der Waals surface area contributed by atoms with Crippen LogP contribution in [0.2, 0.25) is 0 Å². The molecule has 0 unspecified atom stereocenters. The van der Waals surface area contributed by atoms with Crippen molar-refractivity contribution in [3.63, 3.8) is 0 Å². The van der Waals surface area contributed by atoms with E-state index in [1.807, 2.05) is 36.4 Å². The van der Waals surface area contributed by atoms with Gasteiger partial charge in [-0.05, 0) is 24.3 Å². The van der Waals surface area contributed by atoms with E-state index in [1.54, 1.807) is 24.3 Å². The van der Waals surface area contributed by atoms with Crippen LogP contribution in [-0.4, -0.2) is 5.91 Å². The zero-order chi connectivity index (χ0) is 10.5. The van der Waals surface area contributed by atoms with Crippen molar-refractivity contribution in [2.24, 2.45) is 0 Å². The number of hydrogen-bond donors (Lipinski definition) is 0. The van der Waals surface area contributed by atoms with Gasteiger partial charge in [0.05, 0.1) is 5.69 Å². The maximum Gasteiger partial charge on any atom is 0.277 e. The number of rotatable bonds is 2. The normalized spacial score (nSPS) is 9.60. The molecular formula is C13H10NO. The van der Waals surface area contributed by atoms with Crippen molar-refractivity contribution in [2.75, 3.05) is 0 Å². The lowest BCUT2D eigenvalue weighted by Crippen LogP contribution is -2.10. The van der Waals surface area contributed by atoms with Gasteiger partial charge in [0.1, 0.15) is 0 Å². The zero-order valence-electron chi connectivity index (χ0n) is 8.13. The topological polar surface area (TPSA) is 31.2 Å². The number of amides is 1. The summed E-state index contributed by atoms with van der Waals surface area (Å²) in [6.45, 7) is 0. The number of nitrogens with zero attached hydrogens (tertiary/aromatic N) is 1. The average molecular weight is 196 g/mol. The zero-order valence-corrected chi connectivity index (χ0v) is 8.13. The van der Waals surface area contributed by atoms with Crippen LogP contribution >= 0.6 is 0 Å². The first-order chi connectivity index (χ1) is 7.36. The third-order valence-electron chi connectivity index (χ3n) is 2.01. The van der Waals surface area contributed by atoms with Gasteiger partial charge in [-0.3, -0.25) is 4.79 Å². The summed E-state index contributed by atoms with van der Waals surface area (Å²) >= 11 is 0. The van der Waals surface area contributed by atoms with Crippen LogP contribution in [0.3, 0.4) is 0 Å². The van der Waals surface area contributed by atoms with Crippen molar-refractivity contribution in [2.45, 2.75) is 0 Å². The minimum atomic E-state index is -0.207. The van der Waals surface area contributed by atoms with Gasteiger partial charge in [-0.1, -0.05) is 36.4 Å². The molecule has 2 heteroatoms. The molecule has 0 N–H and O–H groups in total. The van der Waals surface area contributed by atoms with Crippen molar-refractivity contribution in [1.29, 1.82) is 0 Å². The van der Waals surface area contributed by atoms with Crippen LogP contribution in [0, 0.1) is 0 Å². The Morgan fingerprint density at radius 2 is 1.33 bits per heavy atom. The van der Waals surface area contributed by atoms with Crippen LogP contribution < -0.4 is 5.32 Å². The molecule has 0 fully saturated rings. The second-order valence-corrected chi connectivity index (χ2v) is 3.12. The molecule has 0 aliphatic rings. The van der Waals surface area contributed by atoms with E-state index < -0.39 is 0 Å². The van der Waals surface area contributed by atoms with E-state index in [2.05, 4.69) is 5.32 Å². The highest BCUT2D eigenvalue weighted by molar-refractivity contribution is 5.96. The van der Waals surface area contributed by atoms with Gasteiger partial charge in [-0.15, -0.1) is 0 Å². The Bertz CT molecular complexity index is 437. The standard InChI is InChI=1S/C13H10NO/c15-13(11-7-3-1-4-8-11)14-12-9-5-2-6-10-12/h1-10H. The molecule has 0 atom stereocenters. The fourth-order valence-electron chi connectivity index (χ4n) is 1.27. The Kier molecular flexibility index (Phi) is 2.79. The van der Waals surface area contributed by atoms with Crippen molar-refractivity contribution in [3.05, 3.63) is 66.2 Å². The van der Waals surface area contributed by atoms with E-state index in [9.17, 15) is 4.79 Å². The first kappa shape index (κ1) is 9.46. The van der Waals surface area contributed by atoms with E-state index in [0.717, 1.165) is 0 Å². The van der Waals surface area contributed by atoms with Crippen LogP contribution in [-0.2, 0) is 0 Å². The molecule has 0 aliphatic heterocycles. The molecule has 1 amide bonds. The van der Waals surface area contributed by atoms with Crippen molar-refractivity contribution < 1.29 is 4.79 Å². The molecule has 2 nitrogen and oxygen atoms in total. The molecular weight excluding hydrogens is 186 g/mol. The Hall–Kier alpha value is -2.09. The summed E-state index contributed by atoms with van der Waals surface area (Å²) in [5.41, 5.74) is 1.30. The van der Waals surface area contributed by atoms with Crippen LogP contribution in [0.5, 0.6) is 0 Å². The van der Waals surface area contributed by atoms with Gasteiger partial charge in [0, 0.05) is 5.56 Å². The quantitative estimate of drug-likeness (QED) is 0.726. The maximum absolute atomic E-state index is 11.6. The van der Waals surface area contributed by atoms with Crippen molar-refractivity contribution in [1.82, 2.24) is 5.32 Å². The maximum atomic E-state index is 11.6. The van der Waals surface area contributed by atoms with Crippen LogP contribution in [0.1, 0.15) is 10.4 Å². The first-order valence-electron chi connectivity index (χ1n) is 4.72. The molecule has 0 saturated heterocycles. The highest BCUT2D eigenvalue weighted by Gasteiger charge is 2.05. The highest BCUT2D eigenvalue weighted by atomic mass is 16.1. The second kappa shape index (κ2) is 4.42. The molecule has 0 spiro atoms. The fraction of sp³-hybridized carbons (Fsp3) is 0. The smallest absolute Gasteiger partial charge is 0.267 e. The van der Waals surface area contributed by atoms with Gasteiger partial charge in [-0.25, -0.2) is 5.32 Å². The lowest BCUT2D eigenvalue weighted by atomic mass is 10.2. The summed E-state index contributed by atoms with van der Waals surface area (Å²) in [5, 5.41) is 3.99. The Morgan fingerprint density at radius 3 is 1.93 bits per heavy atom. The number of benzene rings is 2. The Balaban J connectivity index is 2.12. The average Bonchev–Trinajstić information content (AvgIpc) is 2.31. The molecule has 73 valence electrons. The van der Waals surface area contributed by atoms with Gasteiger partial charge in [0.15, 0.2) is 0 Å². The summed E-state index contributed by atoms with van der Waals surface area (Å²) in [7, 11) is 0. The molecule has 0 saturated carbocycles. The van der Waals surface area contributed by atoms with Gasteiger partial charge < -0.3 is 0 Å². The summed E-state index contributed by atoms with van der Waals surface area (Å²) < 4.78 is 0.